The molecule has 0 saturated heterocycles. The molecule has 0 aliphatic carbocycles. The molecule has 4 nitrogen and oxygen atoms in total. The van der Waals surface area contributed by atoms with Crippen LogP contribution in [0.4, 0.5) is 5.69 Å². The maximum Gasteiger partial charge on any atom is 0.262 e. The summed E-state index contributed by atoms with van der Waals surface area (Å²) < 4.78 is 11.5. The summed E-state index contributed by atoms with van der Waals surface area (Å²) >= 11 is 0. The van der Waals surface area contributed by atoms with E-state index < -0.39 is 0 Å². The van der Waals surface area contributed by atoms with Gasteiger partial charge in [0.15, 0.2) is 6.61 Å². The molecule has 3 aromatic rings. The van der Waals surface area contributed by atoms with Crippen LogP contribution >= 0.6 is 0 Å². The molecule has 0 aliphatic rings. The minimum absolute atomic E-state index is 0.0774. The fraction of sp³-hybridized carbons (Fsp3) is 0.174. The van der Waals surface area contributed by atoms with Crippen molar-refractivity contribution in [2.75, 3.05) is 18.5 Å². The van der Waals surface area contributed by atoms with Gasteiger partial charge in [-0.15, -0.1) is 0 Å². The van der Waals surface area contributed by atoms with Crippen molar-refractivity contribution < 1.29 is 14.3 Å². The van der Waals surface area contributed by atoms with Crippen molar-refractivity contribution in [1.82, 2.24) is 0 Å². The van der Waals surface area contributed by atoms with Crippen LogP contribution in [-0.2, 0) is 4.79 Å². The molecule has 1 amide bonds. The van der Waals surface area contributed by atoms with Crippen LogP contribution in [0.25, 0.3) is 11.1 Å². The topological polar surface area (TPSA) is 47.6 Å². The lowest BCUT2D eigenvalue weighted by Gasteiger charge is -2.14. The van der Waals surface area contributed by atoms with Gasteiger partial charge in [0, 0.05) is 5.56 Å². The fourth-order valence-electron chi connectivity index (χ4n) is 2.69. The quantitative estimate of drug-likeness (QED) is 0.603. The zero-order valence-electron chi connectivity index (χ0n) is 15.4. The first kappa shape index (κ1) is 18.5. The number of nitrogens with one attached hydrogen (secondary N) is 1. The van der Waals surface area contributed by atoms with Gasteiger partial charge in [0.25, 0.3) is 5.91 Å². The van der Waals surface area contributed by atoms with Crippen molar-refractivity contribution in [3.8, 4) is 22.6 Å². The monoisotopic (exact) mass is 361 g/mol. The van der Waals surface area contributed by atoms with Crippen molar-refractivity contribution >= 4 is 11.6 Å². The van der Waals surface area contributed by atoms with Gasteiger partial charge >= 0.3 is 0 Å². The van der Waals surface area contributed by atoms with Gasteiger partial charge in [0.05, 0.1) is 12.3 Å². The fourth-order valence-corrected chi connectivity index (χ4v) is 2.69. The van der Waals surface area contributed by atoms with Crippen molar-refractivity contribution in [3.05, 3.63) is 78.9 Å². The summed E-state index contributed by atoms with van der Waals surface area (Å²) in [6.07, 6.45) is 0.904. The Hall–Kier alpha value is -3.27. The molecule has 3 rings (SSSR count). The number of rotatable bonds is 8. The average Bonchev–Trinajstić information content (AvgIpc) is 2.72. The highest BCUT2D eigenvalue weighted by Crippen LogP contribution is 2.29. The van der Waals surface area contributed by atoms with E-state index in [9.17, 15) is 4.79 Å². The summed E-state index contributed by atoms with van der Waals surface area (Å²) in [5.74, 6) is 1.11. The first-order chi connectivity index (χ1) is 13.3. The van der Waals surface area contributed by atoms with Crippen LogP contribution < -0.4 is 14.8 Å². The van der Waals surface area contributed by atoms with Gasteiger partial charge in [0.1, 0.15) is 11.5 Å². The number of amides is 1. The van der Waals surface area contributed by atoms with E-state index in [1.54, 1.807) is 0 Å². The van der Waals surface area contributed by atoms with Crippen LogP contribution in [0.1, 0.15) is 13.3 Å². The second-order valence-corrected chi connectivity index (χ2v) is 6.04. The molecule has 0 bridgehead atoms. The summed E-state index contributed by atoms with van der Waals surface area (Å²) in [5.41, 5.74) is 2.65. The van der Waals surface area contributed by atoms with E-state index in [4.69, 9.17) is 9.47 Å². The maximum atomic E-state index is 12.4. The number of hydrogen-bond donors (Lipinski definition) is 1. The second-order valence-electron chi connectivity index (χ2n) is 6.04. The number of carbonyl (C=O) groups is 1. The third kappa shape index (κ3) is 5.11. The van der Waals surface area contributed by atoms with Crippen LogP contribution in [0.5, 0.6) is 11.5 Å². The minimum Gasteiger partial charge on any atom is -0.491 e. The molecular formula is C23H23NO3. The third-order valence-corrected chi connectivity index (χ3v) is 3.95. The van der Waals surface area contributed by atoms with Crippen molar-refractivity contribution in [3.63, 3.8) is 0 Å². The van der Waals surface area contributed by atoms with E-state index in [0.29, 0.717) is 23.8 Å². The predicted molar refractivity (Wildman–Crippen MR) is 108 cm³/mol. The molecule has 4 heteroatoms. The highest BCUT2D eigenvalue weighted by molar-refractivity contribution is 5.93. The molecule has 0 aliphatic heterocycles. The van der Waals surface area contributed by atoms with E-state index in [0.717, 1.165) is 17.5 Å². The Morgan fingerprint density at radius 3 is 2.26 bits per heavy atom. The van der Waals surface area contributed by atoms with E-state index in [-0.39, 0.29) is 12.5 Å². The Balaban J connectivity index is 1.66. The Morgan fingerprint density at radius 2 is 1.48 bits per heavy atom. The number of anilines is 1. The lowest BCUT2D eigenvalue weighted by molar-refractivity contribution is -0.118. The van der Waals surface area contributed by atoms with Crippen LogP contribution in [0.3, 0.4) is 0 Å². The van der Waals surface area contributed by atoms with Crippen LogP contribution in [0, 0.1) is 0 Å². The Morgan fingerprint density at radius 1 is 0.815 bits per heavy atom. The van der Waals surface area contributed by atoms with Crippen molar-refractivity contribution in [2.45, 2.75) is 13.3 Å². The molecule has 0 saturated carbocycles. The number of carbonyl (C=O) groups excluding carboxylic acids is 1. The summed E-state index contributed by atoms with van der Waals surface area (Å²) in [5, 5.41) is 2.86. The molecule has 27 heavy (non-hydrogen) atoms. The molecule has 0 fully saturated rings. The minimum atomic E-state index is -0.231. The average molecular weight is 361 g/mol. The first-order valence-corrected chi connectivity index (χ1v) is 9.07. The highest BCUT2D eigenvalue weighted by atomic mass is 16.5. The Kier molecular flexibility index (Phi) is 6.47. The lowest BCUT2D eigenvalue weighted by Crippen LogP contribution is -2.20. The van der Waals surface area contributed by atoms with Gasteiger partial charge in [0.2, 0.25) is 0 Å². The molecule has 0 atom stereocenters. The molecule has 3 aromatic carbocycles. The number of ether oxygens (including phenoxy) is 2. The van der Waals surface area contributed by atoms with Gasteiger partial charge in [-0.2, -0.15) is 0 Å². The molecule has 0 spiro atoms. The lowest BCUT2D eigenvalue weighted by atomic mass is 10.1. The number of hydrogen-bond acceptors (Lipinski definition) is 3. The second kappa shape index (κ2) is 9.43. The zero-order chi connectivity index (χ0) is 18.9. The zero-order valence-corrected chi connectivity index (χ0v) is 15.4. The van der Waals surface area contributed by atoms with Gasteiger partial charge in [-0.05, 0) is 30.2 Å². The molecule has 0 unspecified atom stereocenters. The summed E-state index contributed by atoms with van der Waals surface area (Å²) in [4.78, 5) is 12.4. The maximum absolute atomic E-state index is 12.4. The summed E-state index contributed by atoms with van der Waals surface area (Å²) in [6, 6.07) is 25.1. The third-order valence-electron chi connectivity index (χ3n) is 3.95. The van der Waals surface area contributed by atoms with Gasteiger partial charge < -0.3 is 14.8 Å². The first-order valence-electron chi connectivity index (χ1n) is 9.07. The number of para-hydroxylation sites is 3. The van der Waals surface area contributed by atoms with Gasteiger partial charge in [-0.1, -0.05) is 67.6 Å². The summed E-state index contributed by atoms with van der Waals surface area (Å²) in [6.45, 7) is 2.57. The molecule has 138 valence electrons. The van der Waals surface area contributed by atoms with E-state index in [1.807, 2.05) is 85.8 Å². The standard InChI is InChI=1S/C23H23NO3/c1-2-16-26-22-15-9-7-13-20(22)24-23(25)17-27-21-14-8-6-12-19(21)18-10-4-3-5-11-18/h3-15H,2,16-17H2,1H3,(H,24,25). The smallest absolute Gasteiger partial charge is 0.262 e. The molecule has 0 radical (unpaired) electrons. The normalized spacial score (nSPS) is 10.3. The van der Waals surface area contributed by atoms with Gasteiger partial charge in [-0.3, -0.25) is 4.79 Å². The predicted octanol–water partition coefficient (Wildman–Crippen LogP) is 5.16. The Labute approximate surface area is 159 Å². The van der Waals surface area contributed by atoms with Gasteiger partial charge in [-0.25, -0.2) is 0 Å². The number of benzene rings is 3. The SMILES string of the molecule is CCCOc1ccccc1NC(=O)COc1ccccc1-c1ccccc1. The molecule has 1 N–H and O–H groups in total. The van der Waals surface area contributed by atoms with E-state index in [2.05, 4.69) is 5.32 Å². The van der Waals surface area contributed by atoms with Crippen LogP contribution in [0.15, 0.2) is 78.9 Å². The van der Waals surface area contributed by atoms with E-state index in [1.165, 1.54) is 0 Å². The highest BCUT2D eigenvalue weighted by Gasteiger charge is 2.10. The molecular weight excluding hydrogens is 338 g/mol. The van der Waals surface area contributed by atoms with Crippen LogP contribution in [-0.4, -0.2) is 19.1 Å². The molecule has 0 heterocycles. The van der Waals surface area contributed by atoms with Crippen LogP contribution in [0.2, 0.25) is 0 Å². The van der Waals surface area contributed by atoms with Crippen molar-refractivity contribution in [2.24, 2.45) is 0 Å². The van der Waals surface area contributed by atoms with Crippen molar-refractivity contribution in [1.29, 1.82) is 0 Å². The van der Waals surface area contributed by atoms with E-state index >= 15 is 0 Å². The Bertz CT molecular complexity index is 878. The largest absolute Gasteiger partial charge is 0.491 e. The molecule has 0 aromatic heterocycles. The summed E-state index contributed by atoms with van der Waals surface area (Å²) in [7, 11) is 0.